The minimum atomic E-state index is -4.75. The number of primary amides is 1. The first-order chi connectivity index (χ1) is 15.9. The van der Waals surface area contributed by atoms with Crippen LogP contribution in [0.2, 0.25) is 0 Å². The fourth-order valence-corrected chi connectivity index (χ4v) is 4.68. The molecule has 1 saturated carbocycles. The molecule has 3 aromatic rings. The van der Waals surface area contributed by atoms with Crippen molar-refractivity contribution < 1.29 is 27.9 Å². The monoisotopic (exact) mass is 474 g/mol. The lowest BCUT2D eigenvalue weighted by Gasteiger charge is -2.25. The second kappa shape index (κ2) is 8.50. The minimum Gasteiger partial charge on any atom is -0.386 e. The highest BCUT2D eigenvalue weighted by molar-refractivity contribution is 6.00. The Morgan fingerprint density at radius 2 is 1.82 bits per heavy atom. The van der Waals surface area contributed by atoms with E-state index in [1.54, 1.807) is 12.1 Å². The number of aliphatic hydroxyl groups is 1. The number of benzene rings is 1. The smallest absolute Gasteiger partial charge is 0.386 e. The average molecular weight is 474 g/mol. The molecular formula is C24H25F3N4O3. The van der Waals surface area contributed by atoms with Crippen LogP contribution in [-0.4, -0.2) is 32.5 Å². The number of carbonyl (C=O) groups excluding carboxylic acids is 2. The zero-order valence-corrected chi connectivity index (χ0v) is 18.7. The first-order valence-electron chi connectivity index (χ1n) is 11.0. The number of nitrogens with one attached hydrogen (secondary N) is 1. The van der Waals surface area contributed by atoms with Gasteiger partial charge in [-0.25, -0.2) is 4.98 Å². The van der Waals surface area contributed by atoms with Gasteiger partial charge < -0.3 is 15.6 Å². The summed E-state index contributed by atoms with van der Waals surface area (Å²) < 4.78 is 39.7. The van der Waals surface area contributed by atoms with Gasteiger partial charge in [-0.05, 0) is 74.9 Å². The van der Waals surface area contributed by atoms with Crippen LogP contribution >= 0.6 is 0 Å². The van der Waals surface area contributed by atoms with E-state index in [-0.39, 0.29) is 17.4 Å². The fourth-order valence-electron chi connectivity index (χ4n) is 4.68. The van der Waals surface area contributed by atoms with Gasteiger partial charge in [0.05, 0.1) is 11.1 Å². The summed E-state index contributed by atoms with van der Waals surface area (Å²) in [5.41, 5.74) is 4.48. The summed E-state index contributed by atoms with van der Waals surface area (Å²) in [5.74, 6) is -0.940. The molecule has 1 fully saturated rings. The van der Waals surface area contributed by atoms with E-state index in [2.05, 4.69) is 15.2 Å². The van der Waals surface area contributed by atoms with Crippen LogP contribution in [0.25, 0.3) is 22.0 Å². The van der Waals surface area contributed by atoms with Crippen molar-refractivity contribution in [3.63, 3.8) is 0 Å². The van der Waals surface area contributed by atoms with Crippen molar-refractivity contribution in [2.75, 3.05) is 0 Å². The summed E-state index contributed by atoms with van der Waals surface area (Å²) in [4.78, 5) is 26.7. The van der Waals surface area contributed by atoms with Crippen LogP contribution in [0.4, 0.5) is 13.2 Å². The predicted octanol–water partition coefficient (Wildman–Crippen LogP) is 4.44. The Labute approximate surface area is 193 Å². The lowest BCUT2D eigenvalue weighted by molar-refractivity contribution is -0.141. The Bertz CT molecular complexity index is 1250. The highest BCUT2D eigenvalue weighted by Gasteiger charge is 2.35. The maximum atomic E-state index is 13.2. The Kier molecular flexibility index (Phi) is 5.97. The molecule has 0 saturated heterocycles. The SMILES string of the molecule is CC(C)(O)c1cc2n[nH]c(C3CCC(C=O)CC3)c2cc1-c1ccc(C(F)(F)F)nc1C(N)=O. The van der Waals surface area contributed by atoms with E-state index in [0.717, 1.165) is 55.2 Å². The number of hydrogen-bond acceptors (Lipinski definition) is 5. The van der Waals surface area contributed by atoms with Crippen LogP contribution in [0.5, 0.6) is 0 Å². The van der Waals surface area contributed by atoms with Gasteiger partial charge in [-0.15, -0.1) is 0 Å². The van der Waals surface area contributed by atoms with Crippen molar-refractivity contribution in [2.24, 2.45) is 11.7 Å². The Morgan fingerprint density at radius 1 is 1.15 bits per heavy atom. The molecule has 1 aliphatic rings. The molecule has 1 amide bonds. The normalized spacial score (nSPS) is 19.4. The predicted molar refractivity (Wildman–Crippen MR) is 119 cm³/mol. The minimum absolute atomic E-state index is 0.0409. The largest absolute Gasteiger partial charge is 0.433 e. The summed E-state index contributed by atoms with van der Waals surface area (Å²) in [6.45, 7) is 3.07. The number of rotatable bonds is 5. The van der Waals surface area contributed by atoms with Crippen molar-refractivity contribution in [1.29, 1.82) is 0 Å². The van der Waals surface area contributed by atoms with Gasteiger partial charge in [0.25, 0.3) is 5.91 Å². The maximum Gasteiger partial charge on any atom is 0.433 e. The molecule has 2 heterocycles. The Hall–Kier alpha value is -3.27. The van der Waals surface area contributed by atoms with Gasteiger partial charge in [-0.3, -0.25) is 9.89 Å². The molecule has 1 aromatic carbocycles. The third kappa shape index (κ3) is 4.42. The Morgan fingerprint density at radius 3 is 2.38 bits per heavy atom. The van der Waals surface area contributed by atoms with E-state index in [0.29, 0.717) is 16.6 Å². The van der Waals surface area contributed by atoms with Gasteiger partial charge in [0.1, 0.15) is 17.7 Å². The number of hydrogen-bond donors (Lipinski definition) is 3. The third-order valence-electron chi connectivity index (χ3n) is 6.46. The summed E-state index contributed by atoms with van der Waals surface area (Å²) in [7, 11) is 0. The lowest BCUT2D eigenvalue weighted by atomic mass is 9.80. The molecular weight excluding hydrogens is 449 g/mol. The highest BCUT2D eigenvalue weighted by Crippen LogP contribution is 2.41. The van der Waals surface area contributed by atoms with Crippen LogP contribution in [0.15, 0.2) is 24.3 Å². The van der Waals surface area contributed by atoms with E-state index < -0.39 is 29.1 Å². The molecule has 0 bridgehead atoms. The number of halogens is 3. The van der Waals surface area contributed by atoms with Gasteiger partial charge >= 0.3 is 6.18 Å². The zero-order chi connectivity index (χ0) is 24.8. The van der Waals surface area contributed by atoms with Crippen LogP contribution in [0, 0.1) is 5.92 Å². The van der Waals surface area contributed by atoms with Crippen LogP contribution in [0.3, 0.4) is 0 Å². The molecule has 4 N–H and O–H groups in total. The second-order valence-electron chi connectivity index (χ2n) is 9.31. The van der Waals surface area contributed by atoms with Crippen molar-refractivity contribution in [1.82, 2.24) is 15.2 Å². The molecule has 180 valence electrons. The molecule has 1 aliphatic carbocycles. The molecule has 0 spiro atoms. The summed E-state index contributed by atoms with van der Waals surface area (Å²) >= 11 is 0. The lowest BCUT2D eigenvalue weighted by Crippen LogP contribution is -2.21. The zero-order valence-electron chi connectivity index (χ0n) is 18.7. The molecule has 10 heteroatoms. The number of fused-ring (bicyclic) bond motifs is 1. The van der Waals surface area contributed by atoms with Crippen LogP contribution in [-0.2, 0) is 16.6 Å². The number of pyridine rings is 1. The number of alkyl halides is 3. The average Bonchev–Trinajstić information content (AvgIpc) is 3.19. The summed E-state index contributed by atoms with van der Waals surface area (Å²) in [6, 6.07) is 5.31. The van der Waals surface area contributed by atoms with Gasteiger partial charge in [0.15, 0.2) is 0 Å². The van der Waals surface area contributed by atoms with Crippen LogP contribution in [0.1, 0.15) is 72.9 Å². The highest BCUT2D eigenvalue weighted by atomic mass is 19.4. The van der Waals surface area contributed by atoms with Gasteiger partial charge in [0.2, 0.25) is 0 Å². The second-order valence-corrected chi connectivity index (χ2v) is 9.31. The molecule has 34 heavy (non-hydrogen) atoms. The van der Waals surface area contributed by atoms with Crippen molar-refractivity contribution in [3.05, 3.63) is 46.9 Å². The standard InChI is InChI=1S/C24H25F3N4O3/c1-23(2,34)17-10-18-16(20(31-30-18)13-5-3-12(11-32)4-6-13)9-15(17)14-7-8-19(24(25,26)27)29-21(14)22(28)33/h7-13,34H,3-6H2,1-2H3,(H2,28,33)(H,30,31). The number of aldehydes is 1. The third-order valence-corrected chi connectivity index (χ3v) is 6.46. The van der Waals surface area contributed by atoms with E-state index in [1.807, 2.05) is 0 Å². The molecule has 7 nitrogen and oxygen atoms in total. The summed E-state index contributed by atoms with van der Waals surface area (Å²) in [5, 5.41) is 19.0. The molecule has 0 radical (unpaired) electrons. The number of nitrogens with two attached hydrogens (primary N) is 1. The van der Waals surface area contributed by atoms with E-state index in [9.17, 15) is 27.9 Å². The van der Waals surface area contributed by atoms with Crippen LogP contribution < -0.4 is 5.73 Å². The molecule has 4 rings (SSSR count). The van der Waals surface area contributed by atoms with Crippen molar-refractivity contribution >= 4 is 23.1 Å². The molecule has 0 aliphatic heterocycles. The topological polar surface area (TPSA) is 122 Å². The van der Waals surface area contributed by atoms with E-state index in [1.165, 1.54) is 13.8 Å². The molecule has 2 aromatic heterocycles. The number of H-pyrrole nitrogens is 1. The van der Waals surface area contributed by atoms with Crippen molar-refractivity contribution in [2.45, 2.75) is 57.2 Å². The summed E-state index contributed by atoms with van der Waals surface area (Å²) in [6.07, 6.45) is -0.660. The number of nitrogens with zero attached hydrogens (tertiary/aromatic N) is 2. The van der Waals surface area contributed by atoms with E-state index in [4.69, 9.17) is 5.73 Å². The first kappa shape index (κ1) is 23.9. The molecule has 0 atom stereocenters. The molecule has 0 unspecified atom stereocenters. The number of aromatic amines is 1. The van der Waals surface area contributed by atoms with Crippen molar-refractivity contribution in [3.8, 4) is 11.1 Å². The number of carbonyl (C=O) groups is 2. The van der Waals surface area contributed by atoms with E-state index >= 15 is 0 Å². The maximum absolute atomic E-state index is 13.2. The van der Waals surface area contributed by atoms with Gasteiger partial charge in [-0.1, -0.05) is 0 Å². The fraction of sp³-hybridized carbons (Fsp3) is 0.417. The number of amides is 1. The first-order valence-corrected chi connectivity index (χ1v) is 11.0. The number of aromatic nitrogens is 3. The van der Waals surface area contributed by atoms with Gasteiger partial charge in [0, 0.05) is 28.5 Å². The Balaban J connectivity index is 1.91. The van der Waals surface area contributed by atoms with Gasteiger partial charge in [-0.2, -0.15) is 18.3 Å². The quantitative estimate of drug-likeness (QED) is 0.472.